The SMILES string of the molecule is CNC(=O)OC(c1c(C)cc(C)cc1C)P(=O)(OC)OC. The molecule has 0 aliphatic heterocycles. The van der Waals surface area contributed by atoms with E-state index in [0.717, 1.165) is 16.7 Å². The van der Waals surface area contributed by atoms with Gasteiger partial charge in [0.25, 0.3) is 0 Å². The van der Waals surface area contributed by atoms with Crippen molar-refractivity contribution in [1.82, 2.24) is 5.32 Å². The third-order valence-corrected chi connectivity index (χ3v) is 5.16. The van der Waals surface area contributed by atoms with Gasteiger partial charge < -0.3 is 19.1 Å². The van der Waals surface area contributed by atoms with Gasteiger partial charge in [0.15, 0.2) is 0 Å². The van der Waals surface area contributed by atoms with Crippen LogP contribution in [0.25, 0.3) is 0 Å². The van der Waals surface area contributed by atoms with Crippen LogP contribution >= 0.6 is 7.60 Å². The molecule has 0 saturated carbocycles. The summed E-state index contributed by atoms with van der Waals surface area (Å²) in [4.78, 5) is 11.6. The van der Waals surface area contributed by atoms with Crippen molar-refractivity contribution in [2.24, 2.45) is 0 Å². The lowest BCUT2D eigenvalue weighted by molar-refractivity contribution is 0.112. The van der Waals surface area contributed by atoms with Gasteiger partial charge in [-0.1, -0.05) is 17.7 Å². The number of carbonyl (C=O) groups is 1. The molecule has 6 nitrogen and oxygen atoms in total. The van der Waals surface area contributed by atoms with Crippen LogP contribution in [0.2, 0.25) is 0 Å². The summed E-state index contributed by atoms with van der Waals surface area (Å²) in [5, 5.41) is 2.34. The number of ether oxygens (including phenoxy) is 1. The van der Waals surface area contributed by atoms with E-state index in [2.05, 4.69) is 5.32 Å². The quantitative estimate of drug-likeness (QED) is 0.842. The maximum atomic E-state index is 12.7. The number of hydrogen-bond donors (Lipinski definition) is 1. The first kappa shape index (κ1) is 17.7. The Morgan fingerprint density at radius 1 is 1.14 bits per heavy atom. The largest absolute Gasteiger partial charge is 0.428 e. The number of aryl methyl sites for hydroxylation is 3. The van der Waals surface area contributed by atoms with Gasteiger partial charge in [-0.15, -0.1) is 0 Å². The highest BCUT2D eigenvalue weighted by Crippen LogP contribution is 2.61. The van der Waals surface area contributed by atoms with Crippen molar-refractivity contribution < 1.29 is 23.1 Å². The normalized spacial score (nSPS) is 12.9. The van der Waals surface area contributed by atoms with Crippen LogP contribution in [0.5, 0.6) is 0 Å². The van der Waals surface area contributed by atoms with E-state index in [1.54, 1.807) is 0 Å². The van der Waals surface area contributed by atoms with Gasteiger partial charge in [-0.25, -0.2) is 4.79 Å². The number of carbonyl (C=O) groups excluding carboxylic acids is 1. The molecule has 21 heavy (non-hydrogen) atoms. The van der Waals surface area contributed by atoms with Crippen LogP contribution in [-0.4, -0.2) is 27.4 Å². The monoisotopic (exact) mass is 315 g/mol. The average Bonchev–Trinajstić information content (AvgIpc) is 2.44. The molecule has 1 amide bonds. The molecule has 0 aromatic heterocycles. The molecule has 1 aromatic carbocycles. The molecule has 118 valence electrons. The average molecular weight is 315 g/mol. The molecule has 0 aliphatic carbocycles. The fourth-order valence-electron chi connectivity index (χ4n) is 2.29. The molecule has 0 bridgehead atoms. The number of hydrogen-bond acceptors (Lipinski definition) is 5. The van der Waals surface area contributed by atoms with E-state index >= 15 is 0 Å². The number of amides is 1. The van der Waals surface area contributed by atoms with E-state index in [1.165, 1.54) is 21.3 Å². The zero-order valence-corrected chi connectivity index (χ0v) is 14.1. The minimum atomic E-state index is -3.63. The summed E-state index contributed by atoms with van der Waals surface area (Å²) in [7, 11) is 0.331. The van der Waals surface area contributed by atoms with Gasteiger partial charge in [0.05, 0.1) is 0 Å². The minimum absolute atomic E-state index is 0.635. The molecule has 7 heteroatoms. The maximum absolute atomic E-state index is 12.7. The lowest BCUT2D eigenvalue weighted by atomic mass is 10.0. The number of nitrogens with one attached hydrogen (secondary N) is 1. The second-order valence-corrected chi connectivity index (χ2v) is 7.00. The molecule has 1 rings (SSSR count). The van der Waals surface area contributed by atoms with E-state index in [9.17, 15) is 9.36 Å². The fraction of sp³-hybridized carbons (Fsp3) is 0.500. The van der Waals surface area contributed by atoms with Crippen molar-refractivity contribution in [1.29, 1.82) is 0 Å². The fourth-order valence-corrected chi connectivity index (χ4v) is 3.77. The zero-order valence-electron chi connectivity index (χ0n) is 13.2. The second kappa shape index (κ2) is 7.07. The molecule has 0 radical (unpaired) electrons. The van der Waals surface area contributed by atoms with Gasteiger partial charge in [-0.05, 0) is 31.9 Å². The predicted molar refractivity (Wildman–Crippen MR) is 80.6 cm³/mol. The number of benzene rings is 1. The van der Waals surface area contributed by atoms with Crippen LogP contribution in [0.1, 0.15) is 28.1 Å². The molecule has 1 aromatic rings. The van der Waals surface area contributed by atoms with Crippen molar-refractivity contribution in [3.8, 4) is 0 Å². The highest BCUT2D eigenvalue weighted by Gasteiger charge is 2.40. The Hall–Kier alpha value is -1.36. The Morgan fingerprint density at radius 2 is 1.62 bits per heavy atom. The lowest BCUT2D eigenvalue weighted by Gasteiger charge is -2.27. The Kier molecular flexibility index (Phi) is 5.96. The third kappa shape index (κ3) is 3.84. The summed E-state index contributed by atoms with van der Waals surface area (Å²) in [6, 6.07) is 3.86. The number of rotatable bonds is 5. The molecule has 1 N–H and O–H groups in total. The molecule has 1 atom stereocenters. The van der Waals surface area contributed by atoms with Crippen LogP contribution in [0.15, 0.2) is 12.1 Å². The van der Waals surface area contributed by atoms with Crippen LogP contribution in [0.3, 0.4) is 0 Å². The van der Waals surface area contributed by atoms with E-state index in [1.807, 2.05) is 32.9 Å². The highest BCUT2D eigenvalue weighted by molar-refractivity contribution is 7.54. The van der Waals surface area contributed by atoms with Crippen LogP contribution < -0.4 is 5.32 Å². The lowest BCUT2D eigenvalue weighted by Crippen LogP contribution is -2.23. The highest BCUT2D eigenvalue weighted by atomic mass is 31.2. The molecule has 0 spiro atoms. The van der Waals surface area contributed by atoms with Gasteiger partial charge >= 0.3 is 13.7 Å². The van der Waals surface area contributed by atoms with Gasteiger partial charge in [0.1, 0.15) is 0 Å². The van der Waals surface area contributed by atoms with E-state index in [4.69, 9.17) is 13.8 Å². The van der Waals surface area contributed by atoms with Gasteiger partial charge in [0, 0.05) is 26.8 Å². The third-order valence-electron chi connectivity index (χ3n) is 3.20. The molecular formula is C14H22NO5P. The maximum Gasteiger partial charge on any atom is 0.408 e. The summed E-state index contributed by atoms with van der Waals surface area (Å²) in [6.07, 6.45) is -0.700. The van der Waals surface area contributed by atoms with Crippen molar-refractivity contribution in [3.05, 3.63) is 34.4 Å². The van der Waals surface area contributed by atoms with Crippen molar-refractivity contribution in [2.45, 2.75) is 26.6 Å². The predicted octanol–water partition coefficient (Wildman–Crippen LogP) is 3.45. The Labute approximate surface area is 125 Å². The van der Waals surface area contributed by atoms with Crippen molar-refractivity contribution >= 4 is 13.7 Å². The summed E-state index contributed by atoms with van der Waals surface area (Å²) < 4.78 is 28.0. The molecule has 0 heterocycles. The minimum Gasteiger partial charge on any atom is -0.428 e. The Balaban J connectivity index is 3.44. The molecular weight excluding hydrogens is 293 g/mol. The van der Waals surface area contributed by atoms with E-state index < -0.39 is 19.5 Å². The standard InChI is InChI=1S/C14H22NO5P/c1-9-7-10(2)12(11(3)8-9)13(20-14(16)15-4)21(17,18-5)19-6/h7-8,13H,1-6H3,(H,15,16). The second-order valence-electron chi connectivity index (χ2n) is 4.73. The van der Waals surface area contributed by atoms with Crippen LogP contribution in [0, 0.1) is 20.8 Å². The number of alkyl carbamates (subject to hydrolysis) is 1. The van der Waals surface area contributed by atoms with E-state index in [-0.39, 0.29) is 0 Å². The summed E-state index contributed by atoms with van der Waals surface area (Å²) in [5.41, 5.74) is 3.42. The summed E-state index contributed by atoms with van der Waals surface area (Å²) in [5.74, 6) is -1.12. The van der Waals surface area contributed by atoms with Gasteiger partial charge in [0.2, 0.25) is 5.85 Å². The molecule has 0 aliphatic rings. The first-order chi connectivity index (χ1) is 9.78. The molecule has 0 fully saturated rings. The molecule has 1 unspecified atom stereocenters. The van der Waals surface area contributed by atoms with Gasteiger partial charge in [-0.3, -0.25) is 4.57 Å². The van der Waals surface area contributed by atoms with Gasteiger partial charge in [-0.2, -0.15) is 0 Å². The first-order valence-corrected chi connectivity index (χ1v) is 8.07. The van der Waals surface area contributed by atoms with Crippen molar-refractivity contribution in [3.63, 3.8) is 0 Å². The Bertz CT molecular complexity index is 541. The Morgan fingerprint density at radius 3 is 2.00 bits per heavy atom. The summed E-state index contributed by atoms with van der Waals surface area (Å²) >= 11 is 0. The smallest absolute Gasteiger partial charge is 0.408 e. The topological polar surface area (TPSA) is 73.9 Å². The first-order valence-electron chi connectivity index (χ1n) is 6.46. The molecule has 0 saturated heterocycles. The van der Waals surface area contributed by atoms with Crippen molar-refractivity contribution in [2.75, 3.05) is 21.3 Å². The van der Waals surface area contributed by atoms with E-state index in [0.29, 0.717) is 5.56 Å². The van der Waals surface area contributed by atoms with Crippen LogP contribution in [-0.2, 0) is 18.3 Å². The van der Waals surface area contributed by atoms with Crippen LogP contribution in [0.4, 0.5) is 4.79 Å². The summed E-state index contributed by atoms with van der Waals surface area (Å²) in [6.45, 7) is 5.70. The zero-order chi connectivity index (χ0) is 16.2.